The monoisotopic (exact) mass is 562 g/mol. The number of rotatable bonds is 7. The highest BCUT2D eigenvalue weighted by atomic mass is 16.7. The number of cyclic esters (lactones) is 1. The molecule has 0 bridgehead atoms. The van der Waals surface area contributed by atoms with E-state index in [1.807, 2.05) is 62.4 Å². The van der Waals surface area contributed by atoms with Crippen LogP contribution < -0.4 is 14.2 Å². The van der Waals surface area contributed by atoms with E-state index in [9.17, 15) is 9.90 Å². The van der Waals surface area contributed by atoms with Gasteiger partial charge in [-0.1, -0.05) is 56.3 Å². The molecule has 3 atom stereocenters. The predicted octanol–water partition coefficient (Wildman–Crippen LogP) is 6.59. The number of methoxy groups -OCH3 is 1. The quantitative estimate of drug-likeness (QED) is 0.323. The van der Waals surface area contributed by atoms with Gasteiger partial charge in [-0.05, 0) is 48.9 Å². The van der Waals surface area contributed by atoms with E-state index in [2.05, 4.69) is 0 Å². The second kappa shape index (κ2) is 13.4. The molecule has 1 fully saturated rings. The zero-order valence-electron chi connectivity index (χ0n) is 23.8. The van der Waals surface area contributed by atoms with Gasteiger partial charge in [0.15, 0.2) is 17.8 Å². The van der Waals surface area contributed by atoms with Gasteiger partial charge in [-0.3, -0.25) is 0 Å². The molecule has 0 saturated carbocycles. The summed E-state index contributed by atoms with van der Waals surface area (Å²) in [6.07, 6.45) is 0.803. The van der Waals surface area contributed by atoms with Gasteiger partial charge in [0.05, 0.1) is 26.4 Å². The fourth-order valence-electron chi connectivity index (χ4n) is 5.25. The Labute approximate surface area is 241 Å². The molecular formula is C33H38O8. The molecule has 8 heteroatoms. The molecule has 0 aliphatic carbocycles. The summed E-state index contributed by atoms with van der Waals surface area (Å²) >= 11 is 0. The van der Waals surface area contributed by atoms with Crippen LogP contribution in [-0.4, -0.2) is 37.7 Å². The van der Waals surface area contributed by atoms with Crippen molar-refractivity contribution in [2.45, 2.75) is 58.7 Å². The highest BCUT2D eigenvalue weighted by Crippen LogP contribution is 2.43. The van der Waals surface area contributed by atoms with Crippen molar-refractivity contribution in [3.05, 3.63) is 82.9 Å². The zero-order chi connectivity index (χ0) is 28.8. The van der Waals surface area contributed by atoms with Crippen molar-refractivity contribution in [1.29, 1.82) is 0 Å². The zero-order valence-corrected chi connectivity index (χ0v) is 23.8. The first-order valence-electron chi connectivity index (χ1n) is 14.2. The van der Waals surface area contributed by atoms with Crippen LogP contribution in [0.25, 0.3) is 0 Å². The molecule has 0 radical (unpaired) electrons. The van der Waals surface area contributed by atoms with E-state index in [4.69, 9.17) is 28.4 Å². The van der Waals surface area contributed by atoms with Gasteiger partial charge in [0.2, 0.25) is 0 Å². The summed E-state index contributed by atoms with van der Waals surface area (Å²) in [4.78, 5) is 13.7. The van der Waals surface area contributed by atoms with Crippen LogP contribution in [0.3, 0.4) is 0 Å². The van der Waals surface area contributed by atoms with Gasteiger partial charge in [-0.15, -0.1) is 0 Å². The molecule has 0 spiro atoms. The fraction of sp³-hybridized carbons (Fsp3) is 0.424. The minimum absolute atomic E-state index is 0.117. The maximum absolute atomic E-state index is 13.7. The van der Waals surface area contributed by atoms with Gasteiger partial charge in [0, 0.05) is 23.7 Å². The average molecular weight is 563 g/mol. The number of hydrogen-bond acceptors (Lipinski definition) is 8. The lowest BCUT2D eigenvalue weighted by Crippen LogP contribution is -2.35. The van der Waals surface area contributed by atoms with E-state index >= 15 is 0 Å². The van der Waals surface area contributed by atoms with Crippen molar-refractivity contribution in [1.82, 2.24) is 0 Å². The lowest BCUT2D eigenvalue weighted by molar-refractivity contribution is -0.205. The van der Waals surface area contributed by atoms with Gasteiger partial charge in [0.25, 0.3) is 0 Å². The van der Waals surface area contributed by atoms with Crippen LogP contribution in [0.4, 0.5) is 0 Å². The number of carbonyl (C=O) groups excluding carboxylic acids is 1. The number of benzene rings is 3. The van der Waals surface area contributed by atoms with Gasteiger partial charge >= 0.3 is 5.97 Å². The second-order valence-corrected chi connectivity index (χ2v) is 10.9. The third kappa shape index (κ3) is 6.84. The van der Waals surface area contributed by atoms with Gasteiger partial charge in [0.1, 0.15) is 23.7 Å². The minimum Gasteiger partial charge on any atom is -0.495 e. The number of fused-ring (bicyclic) bond motifs is 3. The number of aliphatic hydroxyl groups is 1. The van der Waals surface area contributed by atoms with Crippen LogP contribution >= 0.6 is 0 Å². The second-order valence-electron chi connectivity index (χ2n) is 10.9. The molecule has 2 aliphatic heterocycles. The first-order valence-corrected chi connectivity index (χ1v) is 14.2. The van der Waals surface area contributed by atoms with Crippen LogP contribution in [0.1, 0.15) is 66.3 Å². The summed E-state index contributed by atoms with van der Waals surface area (Å²) in [6.45, 7) is 5.29. The maximum atomic E-state index is 13.7. The fourth-order valence-corrected chi connectivity index (χ4v) is 5.25. The lowest BCUT2D eigenvalue weighted by atomic mass is 9.96. The Hall–Kier alpha value is -3.59. The minimum atomic E-state index is -0.828. The topological polar surface area (TPSA) is 92.7 Å². The molecule has 2 heterocycles. The first kappa shape index (κ1) is 28.9. The van der Waals surface area contributed by atoms with Gasteiger partial charge in [-0.2, -0.15) is 0 Å². The Bertz CT molecular complexity index is 1320. The normalized spacial score (nSPS) is 19.8. The third-order valence-electron chi connectivity index (χ3n) is 7.34. The Morgan fingerprint density at radius 1 is 1.02 bits per heavy atom. The maximum Gasteiger partial charge on any atom is 0.345 e. The van der Waals surface area contributed by atoms with Gasteiger partial charge in [-0.25, -0.2) is 4.79 Å². The van der Waals surface area contributed by atoms with Crippen molar-refractivity contribution in [2.24, 2.45) is 11.8 Å². The van der Waals surface area contributed by atoms with Crippen LogP contribution in [-0.2, 0) is 27.4 Å². The molecule has 1 N–H and O–H groups in total. The molecule has 0 amide bonds. The molecule has 8 nitrogen and oxygen atoms in total. The summed E-state index contributed by atoms with van der Waals surface area (Å²) in [5.74, 6) is 0.885. The summed E-state index contributed by atoms with van der Waals surface area (Å²) in [6, 6.07) is 18.9. The molecule has 3 unspecified atom stereocenters. The molecular weight excluding hydrogens is 524 g/mol. The molecule has 1 saturated heterocycles. The lowest BCUT2D eigenvalue weighted by Gasteiger charge is -2.32. The van der Waals surface area contributed by atoms with Crippen LogP contribution in [0, 0.1) is 11.8 Å². The van der Waals surface area contributed by atoms with Crippen molar-refractivity contribution >= 4 is 5.97 Å². The molecule has 0 aromatic heterocycles. The van der Waals surface area contributed by atoms with E-state index in [-0.39, 0.29) is 42.1 Å². The van der Waals surface area contributed by atoms with Crippen molar-refractivity contribution in [3.8, 4) is 23.0 Å². The summed E-state index contributed by atoms with van der Waals surface area (Å²) in [7, 11) is 1.48. The average Bonchev–Trinajstić information content (AvgIpc) is 2.98. The van der Waals surface area contributed by atoms with Crippen LogP contribution in [0.5, 0.6) is 23.0 Å². The van der Waals surface area contributed by atoms with Crippen LogP contribution in [0.15, 0.2) is 60.7 Å². The third-order valence-corrected chi connectivity index (χ3v) is 7.34. The molecule has 41 heavy (non-hydrogen) atoms. The standard InChI is InChI=1S/C33H38O8/c1-21(2)17-26(34)25-14-15-27-29(31(25)36-3)32(35)39-20-24-12-8-16-37-33(24)40-19-23-11-7-13-28(30(23)41-27)38-18-22-9-5-4-6-10-22/h4-7,9-11,13-15,21,24,26,33-34H,8,12,16-20H2,1-3H3. The molecule has 3 aromatic rings. The summed E-state index contributed by atoms with van der Waals surface area (Å²) < 4.78 is 36.4. The van der Waals surface area contributed by atoms with Crippen molar-refractivity contribution in [3.63, 3.8) is 0 Å². The summed E-state index contributed by atoms with van der Waals surface area (Å²) in [5, 5.41) is 11.0. The Kier molecular flexibility index (Phi) is 9.44. The Morgan fingerprint density at radius 2 is 1.85 bits per heavy atom. The highest BCUT2D eigenvalue weighted by molar-refractivity contribution is 5.96. The van der Waals surface area contributed by atoms with Crippen molar-refractivity contribution < 1.29 is 38.3 Å². The molecule has 2 aliphatic rings. The first-order chi connectivity index (χ1) is 19.9. The van der Waals surface area contributed by atoms with E-state index in [0.717, 1.165) is 24.0 Å². The highest BCUT2D eigenvalue weighted by Gasteiger charge is 2.33. The number of ether oxygens (including phenoxy) is 6. The van der Waals surface area contributed by atoms with E-state index in [1.54, 1.807) is 12.1 Å². The van der Waals surface area contributed by atoms with E-state index in [0.29, 0.717) is 36.7 Å². The Balaban J connectivity index is 1.59. The van der Waals surface area contributed by atoms with Crippen LogP contribution in [0.2, 0.25) is 0 Å². The van der Waals surface area contributed by atoms with Crippen molar-refractivity contribution in [2.75, 3.05) is 20.3 Å². The molecule has 3 aromatic carbocycles. The number of aliphatic hydroxyl groups excluding tert-OH is 1. The van der Waals surface area contributed by atoms with E-state index < -0.39 is 18.4 Å². The molecule has 218 valence electrons. The largest absolute Gasteiger partial charge is 0.495 e. The Morgan fingerprint density at radius 3 is 2.63 bits per heavy atom. The van der Waals surface area contributed by atoms with E-state index in [1.165, 1.54) is 7.11 Å². The predicted molar refractivity (Wildman–Crippen MR) is 152 cm³/mol. The number of para-hydroxylation sites is 1. The molecule has 5 rings (SSSR count). The van der Waals surface area contributed by atoms with Gasteiger partial charge < -0.3 is 33.5 Å². The SMILES string of the molecule is COc1c(C(O)CC(C)C)ccc2c1C(=O)OCC1CCCOC1OCc1cccc(OCc3ccccc3)c1O2. The smallest absolute Gasteiger partial charge is 0.345 e. The number of hydrogen-bond donors (Lipinski definition) is 1. The summed E-state index contributed by atoms with van der Waals surface area (Å²) in [5.41, 5.74) is 2.36. The number of carbonyl (C=O) groups is 1. The number of esters is 1.